The number of aromatic hydroxyl groups is 1. The van der Waals surface area contributed by atoms with E-state index in [1.54, 1.807) is 23.8 Å². The molecule has 0 fully saturated rings. The number of aromatic nitrogens is 2. The van der Waals surface area contributed by atoms with Gasteiger partial charge in [-0.2, -0.15) is 0 Å². The second-order valence-electron chi connectivity index (χ2n) is 7.07. The number of ether oxygens (including phenoxy) is 1. The van der Waals surface area contributed by atoms with Gasteiger partial charge >= 0.3 is 0 Å². The first-order chi connectivity index (χ1) is 14.4. The van der Waals surface area contributed by atoms with Crippen LogP contribution in [0.1, 0.15) is 16.8 Å². The molecule has 0 saturated heterocycles. The van der Waals surface area contributed by atoms with Gasteiger partial charge in [-0.25, -0.2) is 4.98 Å². The Balaban J connectivity index is 1.91. The minimum absolute atomic E-state index is 0.0961. The number of rotatable bonds is 5. The SMILES string of the molecule is COc1ccc(Cn2cc3c(-c4ccc(Cl)cc4Cl)c(CN)c(C)nc3c2O)cc1. The molecule has 4 rings (SSSR count). The predicted molar refractivity (Wildman–Crippen MR) is 122 cm³/mol. The van der Waals surface area contributed by atoms with E-state index < -0.39 is 0 Å². The van der Waals surface area contributed by atoms with Gasteiger partial charge in [0.2, 0.25) is 5.88 Å². The molecule has 30 heavy (non-hydrogen) atoms. The standard InChI is InChI=1S/C23H21Cl2N3O2/c1-13-18(10-26)21(17-8-5-15(24)9-20(17)25)19-12-28(23(29)22(19)27-13)11-14-3-6-16(30-2)7-4-14/h3-9,12,29H,10-11,26H2,1-2H3. The van der Waals surface area contributed by atoms with Gasteiger partial charge in [-0.15, -0.1) is 0 Å². The largest absolute Gasteiger partial charge is 0.497 e. The molecule has 0 radical (unpaired) electrons. The van der Waals surface area contributed by atoms with Crippen molar-refractivity contribution in [2.24, 2.45) is 5.73 Å². The van der Waals surface area contributed by atoms with Crippen LogP contribution in [-0.4, -0.2) is 21.8 Å². The molecular weight excluding hydrogens is 421 g/mol. The summed E-state index contributed by atoms with van der Waals surface area (Å²) in [5, 5.41) is 12.8. The average Bonchev–Trinajstić information content (AvgIpc) is 3.03. The van der Waals surface area contributed by atoms with Crippen molar-refractivity contribution < 1.29 is 9.84 Å². The maximum absolute atomic E-state index is 10.9. The van der Waals surface area contributed by atoms with Gasteiger partial charge in [0, 0.05) is 45.0 Å². The zero-order valence-corrected chi connectivity index (χ0v) is 18.1. The summed E-state index contributed by atoms with van der Waals surface area (Å²) in [6, 6.07) is 13.1. The molecular formula is C23H21Cl2N3O2. The summed E-state index contributed by atoms with van der Waals surface area (Å²) in [5.41, 5.74) is 10.9. The van der Waals surface area contributed by atoms with E-state index >= 15 is 0 Å². The van der Waals surface area contributed by atoms with Crippen molar-refractivity contribution in [2.45, 2.75) is 20.0 Å². The molecule has 2 aromatic carbocycles. The first kappa shape index (κ1) is 20.5. The Bertz CT molecular complexity index is 1230. The van der Waals surface area contributed by atoms with Crippen molar-refractivity contribution in [3.8, 4) is 22.8 Å². The lowest BCUT2D eigenvalue weighted by Gasteiger charge is -2.14. The van der Waals surface area contributed by atoms with Crippen LogP contribution in [0, 0.1) is 6.92 Å². The summed E-state index contributed by atoms with van der Waals surface area (Å²) in [7, 11) is 1.63. The maximum Gasteiger partial charge on any atom is 0.218 e. The van der Waals surface area contributed by atoms with E-state index in [9.17, 15) is 5.11 Å². The number of methoxy groups -OCH3 is 1. The summed E-state index contributed by atoms with van der Waals surface area (Å²) in [6.07, 6.45) is 1.89. The van der Waals surface area contributed by atoms with Gasteiger partial charge in [-0.3, -0.25) is 0 Å². The molecule has 0 aliphatic rings. The third kappa shape index (κ3) is 3.60. The monoisotopic (exact) mass is 441 g/mol. The number of nitrogens with zero attached hydrogens (tertiary/aromatic N) is 2. The van der Waals surface area contributed by atoms with Crippen LogP contribution in [0.2, 0.25) is 10.0 Å². The van der Waals surface area contributed by atoms with Crippen LogP contribution in [0.3, 0.4) is 0 Å². The van der Waals surface area contributed by atoms with Gasteiger partial charge in [0.1, 0.15) is 11.3 Å². The first-order valence-corrected chi connectivity index (χ1v) is 10.2. The van der Waals surface area contributed by atoms with Gasteiger partial charge in [0.25, 0.3) is 0 Å². The average molecular weight is 442 g/mol. The highest BCUT2D eigenvalue weighted by atomic mass is 35.5. The zero-order chi connectivity index (χ0) is 21.4. The van der Waals surface area contributed by atoms with E-state index in [2.05, 4.69) is 4.98 Å². The molecule has 2 aromatic heterocycles. The lowest BCUT2D eigenvalue weighted by atomic mass is 9.96. The van der Waals surface area contributed by atoms with Crippen LogP contribution < -0.4 is 10.5 Å². The Morgan fingerprint density at radius 2 is 1.87 bits per heavy atom. The highest BCUT2D eigenvalue weighted by molar-refractivity contribution is 6.36. The van der Waals surface area contributed by atoms with E-state index in [4.69, 9.17) is 33.7 Å². The van der Waals surface area contributed by atoms with Crippen molar-refractivity contribution in [1.29, 1.82) is 0 Å². The summed E-state index contributed by atoms with van der Waals surface area (Å²) < 4.78 is 6.98. The molecule has 0 unspecified atom stereocenters. The number of hydrogen-bond donors (Lipinski definition) is 2. The minimum Gasteiger partial charge on any atom is -0.497 e. The van der Waals surface area contributed by atoms with Crippen molar-refractivity contribution in [3.63, 3.8) is 0 Å². The van der Waals surface area contributed by atoms with Crippen molar-refractivity contribution >= 4 is 34.1 Å². The van der Waals surface area contributed by atoms with E-state index in [1.165, 1.54) is 0 Å². The number of nitrogens with two attached hydrogens (primary N) is 1. The zero-order valence-electron chi connectivity index (χ0n) is 16.6. The molecule has 154 valence electrons. The Kier molecular flexibility index (Phi) is 5.60. The van der Waals surface area contributed by atoms with Crippen molar-refractivity contribution in [3.05, 3.63) is 75.5 Å². The van der Waals surface area contributed by atoms with Crippen LogP contribution in [0.5, 0.6) is 11.6 Å². The number of pyridine rings is 1. The molecule has 3 N–H and O–H groups in total. The molecule has 2 heterocycles. The van der Waals surface area contributed by atoms with Crippen LogP contribution in [0.25, 0.3) is 22.0 Å². The molecule has 0 aliphatic heterocycles. The topological polar surface area (TPSA) is 73.3 Å². The summed E-state index contributed by atoms with van der Waals surface area (Å²) in [4.78, 5) is 4.63. The first-order valence-electron chi connectivity index (χ1n) is 9.42. The molecule has 0 aliphatic carbocycles. The lowest BCUT2D eigenvalue weighted by Crippen LogP contribution is -2.04. The highest BCUT2D eigenvalue weighted by Crippen LogP contribution is 2.41. The Morgan fingerprint density at radius 1 is 1.13 bits per heavy atom. The number of fused-ring (bicyclic) bond motifs is 1. The fourth-order valence-electron chi connectivity index (χ4n) is 3.70. The fourth-order valence-corrected chi connectivity index (χ4v) is 4.21. The normalized spacial score (nSPS) is 11.2. The fraction of sp³-hybridized carbons (Fsp3) is 0.174. The molecule has 5 nitrogen and oxygen atoms in total. The van der Waals surface area contributed by atoms with Gasteiger partial charge in [0.15, 0.2) is 0 Å². The number of hydrogen-bond acceptors (Lipinski definition) is 4. The minimum atomic E-state index is 0.0961. The van der Waals surface area contributed by atoms with Gasteiger partial charge in [-0.1, -0.05) is 41.4 Å². The third-order valence-corrected chi connectivity index (χ3v) is 5.78. The second kappa shape index (κ2) is 8.19. The van der Waals surface area contributed by atoms with Crippen LogP contribution in [0.4, 0.5) is 0 Å². The molecule has 4 aromatic rings. The lowest BCUT2D eigenvalue weighted by molar-refractivity contribution is 0.414. The number of benzene rings is 2. The second-order valence-corrected chi connectivity index (χ2v) is 7.91. The van der Waals surface area contributed by atoms with Crippen LogP contribution in [-0.2, 0) is 13.1 Å². The number of aryl methyl sites for hydroxylation is 1. The highest BCUT2D eigenvalue weighted by Gasteiger charge is 2.21. The molecule has 0 saturated carbocycles. The van der Waals surface area contributed by atoms with Crippen molar-refractivity contribution in [1.82, 2.24) is 9.55 Å². The van der Waals surface area contributed by atoms with E-state index in [0.29, 0.717) is 28.7 Å². The third-order valence-electron chi connectivity index (χ3n) is 5.23. The smallest absolute Gasteiger partial charge is 0.218 e. The number of halogens is 2. The van der Waals surface area contributed by atoms with E-state index in [0.717, 1.165) is 39.1 Å². The van der Waals surface area contributed by atoms with Gasteiger partial charge in [0.05, 0.1) is 13.7 Å². The summed E-state index contributed by atoms with van der Waals surface area (Å²) >= 11 is 12.6. The van der Waals surface area contributed by atoms with Gasteiger partial charge < -0.3 is 20.1 Å². The Hall–Kier alpha value is -2.73. The Morgan fingerprint density at radius 3 is 2.50 bits per heavy atom. The molecule has 0 atom stereocenters. The molecule has 0 spiro atoms. The predicted octanol–water partition coefficient (Wildman–Crippen LogP) is 5.54. The van der Waals surface area contributed by atoms with Crippen molar-refractivity contribution in [2.75, 3.05) is 7.11 Å². The quantitative estimate of drug-likeness (QED) is 0.426. The maximum atomic E-state index is 10.9. The van der Waals surface area contributed by atoms with E-state index in [1.807, 2.05) is 43.5 Å². The molecule has 0 bridgehead atoms. The Labute approximate surface area is 184 Å². The molecule has 0 amide bonds. The summed E-state index contributed by atoms with van der Waals surface area (Å²) in [5.74, 6) is 0.879. The van der Waals surface area contributed by atoms with Crippen LogP contribution in [0.15, 0.2) is 48.7 Å². The van der Waals surface area contributed by atoms with Gasteiger partial charge in [-0.05, 0) is 42.3 Å². The van der Waals surface area contributed by atoms with E-state index in [-0.39, 0.29) is 5.88 Å². The summed E-state index contributed by atoms with van der Waals surface area (Å²) in [6.45, 7) is 2.67. The molecule has 7 heteroatoms. The van der Waals surface area contributed by atoms with Crippen LogP contribution >= 0.6 is 23.2 Å².